The van der Waals surface area contributed by atoms with Crippen molar-refractivity contribution in [3.05, 3.63) is 54.4 Å². The van der Waals surface area contributed by atoms with Gasteiger partial charge in [0, 0.05) is 18.2 Å². The SMILES string of the molecule is Cc1nnc(-c2ccc(OCC(=O)Nc3ccc(OC(F)(F)F)cc3)cc2)o1. The Labute approximate surface area is 157 Å². The molecule has 10 heteroatoms. The first-order chi connectivity index (χ1) is 13.3. The van der Waals surface area contributed by atoms with Gasteiger partial charge < -0.3 is 19.2 Å². The summed E-state index contributed by atoms with van der Waals surface area (Å²) in [6.07, 6.45) is -4.77. The Morgan fingerprint density at radius 1 is 1.04 bits per heavy atom. The van der Waals surface area contributed by atoms with Gasteiger partial charge in [-0.3, -0.25) is 4.79 Å². The second-order valence-electron chi connectivity index (χ2n) is 5.56. The summed E-state index contributed by atoms with van der Waals surface area (Å²) in [7, 11) is 0. The molecule has 0 aliphatic carbocycles. The van der Waals surface area contributed by atoms with Gasteiger partial charge in [-0.05, 0) is 48.5 Å². The number of carbonyl (C=O) groups is 1. The van der Waals surface area contributed by atoms with Crippen LogP contribution in [0.15, 0.2) is 52.9 Å². The molecule has 1 heterocycles. The molecular formula is C18H14F3N3O4. The summed E-state index contributed by atoms with van der Waals surface area (Å²) < 4.78 is 50.8. The van der Waals surface area contributed by atoms with E-state index in [9.17, 15) is 18.0 Å². The lowest BCUT2D eigenvalue weighted by molar-refractivity contribution is -0.274. The molecule has 1 amide bonds. The van der Waals surface area contributed by atoms with E-state index < -0.39 is 12.3 Å². The summed E-state index contributed by atoms with van der Waals surface area (Å²) in [6, 6.07) is 11.5. The van der Waals surface area contributed by atoms with E-state index in [4.69, 9.17) is 9.15 Å². The minimum atomic E-state index is -4.77. The molecular weight excluding hydrogens is 379 g/mol. The Hall–Kier alpha value is -3.56. The van der Waals surface area contributed by atoms with Crippen molar-refractivity contribution in [2.75, 3.05) is 11.9 Å². The summed E-state index contributed by atoms with van der Waals surface area (Å²) in [4.78, 5) is 11.9. The van der Waals surface area contributed by atoms with Crippen molar-refractivity contribution < 1.29 is 31.9 Å². The molecule has 0 aliphatic heterocycles. The zero-order chi connectivity index (χ0) is 20.1. The molecule has 0 bridgehead atoms. The molecule has 2 aromatic carbocycles. The van der Waals surface area contributed by atoms with E-state index in [-0.39, 0.29) is 12.4 Å². The third kappa shape index (κ3) is 5.47. The van der Waals surface area contributed by atoms with Crippen LogP contribution < -0.4 is 14.8 Å². The lowest BCUT2D eigenvalue weighted by atomic mass is 10.2. The molecule has 1 N–H and O–H groups in total. The van der Waals surface area contributed by atoms with E-state index in [0.29, 0.717) is 28.8 Å². The van der Waals surface area contributed by atoms with Gasteiger partial charge in [0.25, 0.3) is 5.91 Å². The molecule has 0 atom stereocenters. The van der Waals surface area contributed by atoms with Crippen LogP contribution in [0.25, 0.3) is 11.5 Å². The highest BCUT2D eigenvalue weighted by Crippen LogP contribution is 2.24. The Balaban J connectivity index is 1.50. The van der Waals surface area contributed by atoms with E-state index in [1.165, 1.54) is 12.1 Å². The third-order valence-corrected chi connectivity index (χ3v) is 3.37. The molecule has 0 spiro atoms. The van der Waals surface area contributed by atoms with Crippen LogP contribution in [-0.2, 0) is 4.79 Å². The maximum atomic E-state index is 12.1. The predicted molar refractivity (Wildman–Crippen MR) is 91.7 cm³/mol. The van der Waals surface area contributed by atoms with Gasteiger partial charge in [0.1, 0.15) is 11.5 Å². The number of aryl methyl sites for hydroxylation is 1. The highest BCUT2D eigenvalue weighted by molar-refractivity contribution is 5.91. The number of benzene rings is 2. The second kappa shape index (κ2) is 7.99. The summed E-state index contributed by atoms with van der Waals surface area (Å²) in [6.45, 7) is 1.41. The van der Waals surface area contributed by atoms with E-state index in [2.05, 4.69) is 20.3 Å². The number of ether oxygens (including phenoxy) is 2. The van der Waals surface area contributed by atoms with Crippen LogP contribution in [0.2, 0.25) is 0 Å². The number of nitrogens with one attached hydrogen (secondary N) is 1. The molecule has 1 aromatic heterocycles. The zero-order valence-corrected chi connectivity index (χ0v) is 14.5. The van der Waals surface area contributed by atoms with E-state index in [1.54, 1.807) is 31.2 Å². The molecule has 0 saturated carbocycles. The summed E-state index contributed by atoms with van der Waals surface area (Å²) in [5.74, 6) is 0.424. The van der Waals surface area contributed by atoms with Crippen molar-refractivity contribution in [3.8, 4) is 23.0 Å². The number of hydrogen-bond acceptors (Lipinski definition) is 6. The molecule has 0 aliphatic rings. The highest BCUT2D eigenvalue weighted by Gasteiger charge is 2.30. The Bertz CT molecular complexity index is 938. The normalized spacial score (nSPS) is 11.1. The fourth-order valence-corrected chi connectivity index (χ4v) is 2.19. The number of halogens is 3. The molecule has 0 fully saturated rings. The van der Waals surface area contributed by atoms with Gasteiger partial charge in [-0.1, -0.05) is 0 Å². The fourth-order valence-electron chi connectivity index (χ4n) is 2.19. The van der Waals surface area contributed by atoms with E-state index in [0.717, 1.165) is 12.1 Å². The van der Waals surface area contributed by atoms with Crippen molar-refractivity contribution in [2.45, 2.75) is 13.3 Å². The van der Waals surface area contributed by atoms with Crippen molar-refractivity contribution in [1.29, 1.82) is 0 Å². The maximum absolute atomic E-state index is 12.1. The first-order valence-electron chi connectivity index (χ1n) is 7.97. The van der Waals surface area contributed by atoms with Crippen LogP contribution in [0.1, 0.15) is 5.89 Å². The fraction of sp³-hybridized carbons (Fsp3) is 0.167. The topological polar surface area (TPSA) is 86.5 Å². The Morgan fingerprint density at radius 2 is 1.68 bits per heavy atom. The largest absolute Gasteiger partial charge is 0.573 e. The van der Waals surface area contributed by atoms with Crippen LogP contribution in [0.4, 0.5) is 18.9 Å². The molecule has 28 heavy (non-hydrogen) atoms. The van der Waals surface area contributed by atoms with Crippen molar-refractivity contribution in [1.82, 2.24) is 10.2 Å². The van der Waals surface area contributed by atoms with Gasteiger partial charge in [0.05, 0.1) is 0 Å². The van der Waals surface area contributed by atoms with Gasteiger partial charge in [0.2, 0.25) is 11.8 Å². The molecule has 3 rings (SSSR count). The zero-order valence-electron chi connectivity index (χ0n) is 14.5. The number of anilines is 1. The van der Waals surface area contributed by atoms with Crippen LogP contribution in [0.3, 0.4) is 0 Å². The summed E-state index contributed by atoms with van der Waals surface area (Å²) in [5, 5.41) is 10.2. The third-order valence-electron chi connectivity index (χ3n) is 3.37. The van der Waals surface area contributed by atoms with Gasteiger partial charge >= 0.3 is 6.36 Å². The summed E-state index contributed by atoms with van der Waals surface area (Å²) >= 11 is 0. The monoisotopic (exact) mass is 393 g/mol. The first-order valence-corrected chi connectivity index (χ1v) is 7.97. The van der Waals surface area contributed by atoms with E-state index in [1.807, 2.05) is 0 Å². The van der Waals surface area contributed by atoms with E-state index >= 15 is 0 Å². The number of aromatic nitrogens is 2. The van der Waals surface area contributed by atoms with Crippen LogP contribution in [-0.4, -0.2) is 29.1 Å². The molecule has 7 nitrogen and oxygen atoms in total. The molecule has 3 aromatic rings. The standard InChI is InChI=1S/C18H14F3N3O4/c1-11-23-24-17(27-11)12-2-6-14(7-3-12)26-10-16(25)22-13-4-8-15(9-5-13)28-18(19,20)21/h2-9H,10H2,1H3,(H,22,25). The quantitative estimate of drug-likeness (QED) is 0.682. The molecule has 0 unspecified atom stereocenters. The van der Waals surface area contributed by atoms with Gasteiger partial charge in [-0.15, -0.1) is 23.4 Å². The maximum Gasteiger partial charge on any atom is 0.573 e. The number of nitrogens with zero attached hydrogens (tertiary/aromatic N) is 2. The van der Waals surface area contributed by atoms with Crippen molar-refractivity contribution in [2.24, 2.45) is 0 Å². The van der Waals surface area contributed by atoms with Gasteiger partial charge in [-0.2, -0.15) is 0 Å². The van der Waals surface area contributed by atoms with Crippen LogP contribution >= 0.6 is 0 Å². The number of carbonyl (C=O) groups excluding carboxylic acids is 1. The van der Waals surface area contributed by atoms with Crippen LogP contribution in [0.5, 0.6) is 11.5 Å². The number of rotatable bonds is 6. The predicted octanol–water partition coefficient (Wildman–Crippen LogP) is 3.96. The van der Waals surface area contributed by atoms with Gasteiger partial charge in [0.15, 0.2) is 6.61 Å². The smallest absolute Gasteiger partial charge is 0.484 e. The van der Waals surface area contributed by atoms with Crippen molar-refractivity contribution in [3.63, 3.8) is 0 Å². The average molecular weight is 393 g/mol. The Kier molecular flexibility index (Phi) is 5.48. The highest BCUT2D eigenvalue weighted by atomic mass is 19.4. The first kappa shape index (κ1) is 19.2. The second-order valence-corrected chi connectivity index (χ2v) is 5.56. The summed E-state index contributed by atoms with van der Waals surface area (Å²) in [5.41, 5.74) is 1.02. The lowest BCUT2D eigenvalue weighted by Crippen LogP contribution is -2.20. The lowest BCUT2D eigenvalue weighted by Gasteiger charge is -2.10. The number of alkyl halides is 3. The van der Waals surface area contributed by atoms with Crippen LogP contribution in [0, 0.1) is 6.92 Å². The number of amides is 1. The average Bonchev–Trinajstić information content (AvgIpc) is 3.07. The minimum absolute atomic E-state index is 0.278. The van der Waals surface area contributed by atoms with Crippen molar-refractivity contribution >= 4 is 11.6 Å². The van der Waals surface area contributed by atoms with Gasteiger partial charge in [-0.25, -0.2) is 0 Å². The number of hydrogen-bond donors (Lipinski definition) is 1. The Morgan fingerprint density at radius 3 is 2.25 bits per heavy atom. The molecule has 0 saturated heterocycles. The molecule has 0 radical (unpaired) electrons. The molecule has 146 valence electrons. The minimum Gasteiger partial charge on any atom is -0.484 e.